The van der Waals surface area contributed by atoms with Crippen molar-refractivity contribution in [1.82, 2.24) is 5.43 Å². The van der Waals surface area contributed by atoms with Crippen LogP contribution >= 0.6 is 11.3 Å². The highest BCUT2D eigenvalue weighted by molar-refractivity contribution is 7.17. The van der Waals surface area contributed by atoms with E-state index in [9.17, 15) is 14.4 Å². The van der Waals surface area contributed by atoms with E-state index < -0.39 is 17.8 Å². The van der Waals surface area contributed by atoms with Gasteiger partial charge in [0.05, 0.1) is 25.5 Å². The minimum atomic E-state index is -0.957. The number of ether oxygens (including phenoxy) is 3. The number of benzene rings is 2. The molecule has 0 saturated heterocycles. The summed E-state index contributed by atoms with van der Waals surface area (Å²) in [6.07, 6.45) is 3.54. The molecule has 0 saturated carbocycles. The molecule has 2 N–H and O–H groups in total. The first-order valence-corrected chi connectivity index (χ1v) is 13.4. The van der Waals surface area contributed by atoms with Gasteiger partial charge >= 0.3 is 17.8 Å². The Morgan fingerprint density at radius 3 is 2.51 bits per heavy atom. The van der Waals surface area contributed by atoms with Gasteiger partial charge in [-0.3, -0.25) is 9.59 Å². The molecule has 0 atom stereocenters. The highest BCUT2D eigenvalue weighted by atomic mass is 32.1. The third-order valence-electron chi connectivity index (χ3n) is 6.55. The summed E-state index contributed by atoms with van der Waals surface area (Å²) in [6, 6.07) is 13.3. The average Bonchev–Trinajstić information content (AvgIpc) is 3.32. The molecular weight excluding hydrogens is 518 g/mol. The standard InChI is InChI=1S/C29H31N3O6S/c1-17-9-5-6-10-20(17)16-38-22-14-13-19(15-23(22)36-3)18(2)31-32-27(34)26(33)30-28-25(29(35)37-4)21-11-7-8-12-24(21)39-28/h5-6,9-10,13-15H,7-8,11-12,16H2,1-4H3,(H,30,33)(H,32,34). The lowest BCUT2D eigenvalue weighted by Crippen LogP contribution is -2.33. The summed E-state index contributed by atoms with van der Waals surface area (Å²) in [5.41, 5.74) is 6.85. The van der Waals surface area contributed by atoms with Crippen LogP contribution in [0.4, 0.5) is 5.00 Å². The molecule has 9 nitrogen and oxygen atoms in total. The summed E-state index contributed by atoms with van der Waals surface area (Å²) in [5.74, 6) is -1.33. The van der Waals surface area contributed by atoms with Gasteiger partial charge in [0.1, 0.15) is 11.6 Å². The molecule has 0 fully saturated rings. The van der Waals surface area contributed by atoms with Crippen LogP contribution < -0.4 is 20.2 Å². The van der Waals surface area contributed by atoms with Gasteiger partial charge in [0.2, 0.25) is 0 Å². The maximum Gasteiger partial charge on any atom is 0.341 e. The van der Waals surface area contributed by atoms with Crippen LogP contribution in [0, 0.1) is 6.92 Å². The second-order valence-electron chi connectivity index (χ2n) is 9.08. The Labute approximate surface area is 231 Å². The summed E-state index contributed by atoms with van der Waals surface area (Å²) in [4.78, 5) is 38.6. The predicted octanol–water partition coefficient (Wildman–Crippen LogP) is 4.79. The van der Waals surface area contributed by atoms with Gasteiger partial charge in [-0.05, 0) is 74.4 Å². The predicted molar refractivity (Wildman–Crippen MR) is 150 cm³/mol. The van der Waals surface area contributed by atoms with Crippen molar-refractivity contribution in [2.75, 3.05) is 19.5 Å². The smallest absolute Gasteiger partial charge is 0.341 e. The Morgan fingerprint density at radius 1 is 1.00 bits per heavy atom. The number of hydrogen-bond donors (Lipinski definition) is 2. The van der Waals surface area contributed by atoms with E-state index in [2.05, 4.69) is 15.8 Å². The van der Waals surface area contributed by atoms with Crippen molar-refractivity contribution in [1.29, 1.82) is 0 Å². The third kappa shape index (κ3) is 6.46. The Kier molecular flexibility index (Phi) is 8.98. The molecule has 10 heteroatoms. The van der Waals surface area contributed by atoms with Gasteiger partial charge in [0.15, 0.2) is 11.5 Å². The number of hydrogen-bond acceptors (Lipinski definition) is 8. The number of aryl methyl sites for hydroxylation is 2. The monoisotopic (exact) mass is 549 g/mol. The van der Waals surface area contributed by atoms with Crippen LogP contribution in [-0.2, 0) is 33.8 Å². The lowest BCUT2D eigenvalue weighted by atomic mass is 9.95. The van der Waals surface area contributed by atoms with Gasteiger partial charge in [-0.25, -0.2) is 10.2 Å². The van der Waals surface area contributed by atoms with Crippen molar-refractivity contribution in [2.45, 2.75) is 46.1 Å². The molecule has 204 valence electrons. The molecule has 39 heavy (non-hydrogen) atoms. The molecule has 1 aliphatic rings. The third-order valence-corrected chi connectivity index (χ3v) is 7.75. The molecular formula is C29H31N3O6S. The Balaban J connectivity index is 1.41. The largest absolute Gasteiger partial charge is 0.493 e. The topological polar surface area (TPSA) is 115 Å². The van der Waals surface area contributed by atoms with Gasteiger partial charge in [-0.2, -0.15) is 5.10 Å². The van der Waals surface area contributed by atoms with Crippen LogP contribution in [-0.4, -0.2) is 37.7 Å². The summed E-state index contributed by atoms with van der Waals surface area (Å²) in [5, 5.41) is 6.96. The number of hydrazone groups is 1. The zero-order valence-corrected chi connectivity index (χ0v) is 23.2. The van der Waals surface area contributed by atoms with Crippen LogP contribution in [0.2, 0.25) is 0 Å². The molecule has 0 spiro atoms. The van der Waals surface area contributed by atoms with E-state index in [1.165, 1.54) is 18.4 Å². The number of esters is 1. The van der Waals surface area contributed by atoms with E-state index >= 15 is 0 Å². The number of anilines is 1. The average molecular weight is 550 g/mol. The zero-order chi connectivity index (χ0) is 27.9. The quantitative estimate of drug-likeness (QED) is 0.181. The molecule has 0 aliphatic heterocycles. The number of rotatable bonds is 8. The first kappa shape index (κ1) is 27.8. The minimum absolute atomic E-state index is 0.320. The van der Waals surface area contributed by atoms with Gasteiger partial charge in [0.25, 0.3) is 0 Å². The van der Waals surface area contributed by atoms with Crippen LogP contribution in [0.3, 0.4) is 0 Å². The fourth-order valence-electron chi connectivity index (χ4n) is 4.32. The molecule has 1 heterocycles. The van der Waals surface area contributed by atoms with Crippen LogP contribution in [0.5, 0.6) is 11.5 Å². The van der Waals surface area contributed by atoms with E-state index in [-0.39, 0.29) is 0 Å². The van der Waals surface area contributed by atoms with Gasteiger partial charge in [-0.1, -0.05) is 24.3 Å². The maximum atomic E-state index is 12.6. The van der Waals surface area contributed by atoms with E-state index in [0.29, 0.717) is 39.9 Å². The van der Waals surface area contributed by atoms with Crippen molar-refractivity contribution in [3.05, 3.63) is 75.2 Å². The first-order valence-electron chi connectivity index (χ1n) is 12.6. The second kappa shape index (κ2) is 12.6. The molecule has 4 rings (SSSR count). The molecule has 0 radical (unpaired) electrons. The summed E-state index contributed by atoms with van der Waals surface area (Å²) in [7, 11) is 2.84. The van der Waals surface area contributed by atoms with Crippen molar-refractivity contribution in [2.24, 2.45) is 5.10 Å². The molecule has 0 unspecified atom stereocenters. The number of carbonyl (C=O) groups excluding carboxylic acids is 3. The van der Waals surface area contributed by atoms with Crippen LogP contribution in [0.25, 0.3) is 0 Å². The SMILES string of the molecule is COC(=O)c1c(NC(=O)C(=O)NN=C(C)c2ccc(OCc3ccccc3C)c(OC)c2)sc2c1CCCC2. The van der Waals surface area contributed by atoms with Crippen molar-refractivity contribution >= 4 is 39.8 Å². The minimum Gasteiger partial charge on any atom is -0.493 e. The van der Waals surface area contributed by atoms with Crippen molar-refractivity contribution < 1.29 is 28.6 Å². The number of amides is 2. The summed E-state index contributed by atoms with van der Waals surface area (Å²) < 4.78 is 16.4. The fourth-order valence-corrected chi connectivity index (χ4v) is 5.59. The molecule has 0 bridgehead atoms. The number of thiophene rings is 1. The first-order chi connectivity index (χ1) is 18.8. The van der Waals surface area contributed by atoms with E-state index in [4.69, 9.17) is 14.2 Å². The Bertz CT molecular complexity index is 1430. The zero-order valence-electron chi connectivity index (χ0n) is 22.4. The Hall–Kier alpha value is -4.18. The number of nitrogens with zero attached hydrogens (tertiary/aromatic N) is 1. The fraction of sp³-hybridized carbons (Fsp3) is 0.310. The number of methoxy groups -OCH3 is 2. The van der Waals surface area contributed by atoms with Crippen molar-refractivity contribution in [3.8, 4) is 11.5 Å². The molecule has 2 amide bonds. The van der Waals surface area contributed by atoms with Gasteiger partial charge in [0, 0.05) is 10.4 Å². The van der Waals surface area contributed by atoms with Gasteiger partial charge in [-0.15, -0.1) is 11.3 Å². The summed E-state index contributed by atoms with van der Waals surface area (Å²) in [6.45, 7) is 4.12. The highest BCUT2D eigenvalue weighted by Crippen LogP contribution is 2.38. The highest BCUT2D eigenvalue weighted by Gasteiger charge is 2.28. The molecule has 1 aromatic heterocycles. The lowest BCUT2D eigenvalue weighted by molar-refractivity contribution is -0.136. The van der Waals surface area contributed by atoms with E-state index in [1.807, 2.05) is 31.2 Å². The lowest BCUT2D eigenvalue weighted by Gasteiger charge is -2.13. The molecule has 2 aromatic carbocycles. The van der Waals surface area contributed by atoms with Crippen LogP contribution in [0.1, 0.15) is 57.3 Å². The summed E-state index contributed by atoms with van der Waals surface area (Å²) >= 11 is 1.31. The van der Waals surface area contributed by atoms with E-state index in [1.54, 1.807) is 32.2 Å². The maximum absolute atomic E-state index is 12.6. The molecule has 1 aliphatic carbocycles. The van der Waals surface area contributed by atoms with Crippen molar-refractivity contribution in [3.63, 3.8) is 0 Å². The number of fused-ring (bicyclic) bond motifs is 1. The van der Waals surface area contributed by atoms with Gasteiger partial charge < -0.3 is 19.5 Å². The van der Waals surface area contributed by atoms with E-state index in [0.717, 1.165) is 47.3 Å². The van der Waals surface area contributed by atoms with Crippen LogP contribution in [0.15, 0.2) is 47.6 Å². The molecule has 3 aromatic rings. The number of carbonyl (C=O) groups is 3. The second-order valence-corrected chi connectivity index (χ2v) is 10.2. The Morgan fingerprint density at radius 2 is 1.77 bits per heavy atom. The normalized spacial score (nSPS) is 12.8. The number of nitrogens with one attached hydrogen (secondary N) is 2.